The maximum Gasteiger partial charge on any atom is 0.254 e. The molecule has 1 saturated heterocycles. The summed E-state index contributed by atoms with van der Waals surface area (Å²) in [6, 6.07) is 13.3. The van der Waals surface area contributed by atoms with E-state index in [2.05, 4.69) is 34.1 Å². The Bertz CT molecular complexity index is 744. The normalized spacial score (nSPS) is 15.4. The first-order valence-electron chi connectivity index (χ1n) is 7.53. The summed E-state index contributed by atoms with van der Waals surface area (Å²) in [6.45, 7) is 4.45. The molecule has 1 N–H and O–H groups in total. The van der Waals surface area contributed by atoms with Crippen molar-refractivity contribution < 1.29 is 9.69 Å². The third kappa shape index (κ3) is 3.99. The zero-order chi connectivity index (χ0) is 16.2. The highest BCUT2D eigenvalue weighted by Gasteiger charge is 2.25. The van der Waals surface area contributed by atoms with E-state index in [-0.39, 0.29) is 5.91 Å². The summed E-state index contributed by atoms with van der Waals surface area (Å²) >= 11 is 5.27. The third-order valence-corrected chi connectivity index (χ3v) is 5.67. The molecular weight excluding hydrogens is 374 g/mol. The van der Waals surface area contributed by atoms with Crippen molar-refractivity contribution in [2.24, 2.45) is 0 Å². The van der Waals surface area contributed by atoms with Gasteiger partial charge >= 0.3 is 0 Å². The number of benzene rings is 1. The second kappa shape index (κ2) is 7.26. The first-order valence-corrected chi connectivity index (χ1v) is 9.14. The van der Waals surface area contributed by atoms with Gasteiger partial charge in [0.25, 0.3) is 5.91 Å². The maximum absolute atomic E-state index is 12.5. The summed E-state index contributed by atoms with van der Waals surface area (Å²) in [4.78, 5) is 17.3. The Morgan fingerprint density at radius 2 is 2.09 bits per heavy atom. The van der Waals surface area contributed by atoms with Crippen LogP contribution in [0.1, 0.15) is 20.8 Å². The molecule has 1 aliphatic rings. The number of amides is 1. The van der Waals surface area contributed by atoms with Gasteiger partial charge in [0, 0.05) is 5.56 Å². The molecule has 1 aromatic heterocycles. The van der Waals surface area contributed by atoms with Crippen LogP contribution in [0.3, 0.4) is 0 Å². The highest BCUT2D eigenvalue weighted by molar-refractivity contribution is 9.11. The number of nitrogens with zero attached hydrogens (tertiary/aromatic N) is 2. The molecule has 0 spiro atoms. The molecule has 2 aromatic rings. The van der Waals surface area contributed by atoms with Crippen LogP contribution >= 0.6 is 27.3 Å². The first kappa shape index (κ1) is 16.2. The van der Waals surface area contributed by atoms with Gasteiger partial charge in [0.2, 0.25) is 0 Å². The van der Waals surface area contributed by atoms with Gasteiger partial charge in [-0.3, -0.25) is 4.79 Å². The lowest BCUT2D eigenvalue weighted by Crippen LogP contribution is -3.13. The van der Waals surface area contributed by atoms with E-state index in [9.17, 15) is 4.79 Å². The summed E-state index contributed by atoms with van der Waals surface area (Å²) < 4.78 is 1.16. The van der Waals surface area contributed by atoms with Crippen LogP contribution in [0.4, 0.5) is 0 Å². The number of hydrogen-bond acceptors (Lipinski definition) is 3. The fourth-order valence-corrected chi connectivity index (χ4v) is 4.36. The van der Waals surface area contributed by atoms with E-state index in [1.54, 1.807) is 35.6 Å². The zero-order valence-electron chi connectivity index (χ0n) is 12.6. The average molecular weight is 391 g/mol. The van der Waals surface area contributed by atoms with E-state index in [1.807, 2.05) is 4.90 Å². The molecule has 6 heteroatoms. The maximum atomic E-state index is 12.5. The third-order valence-electron chi connectivity index (χ3n) is 4.05. The minimum absolute atomic E-state index is 0.0278. The van der Waals surface area contributed by atoms with Gasteiger partial charge in [-0.25, -0.2) is 0 Å². The minimum Gasteiger partial charge on any atom is -0.328 e. The molecule has 118 valence electrons. The van der Waals surface area contributed by atoms with Crippen molar-refractivity contribution in [3.05, 3.63) is 56.2 Å². The van der Waals surface area contributed by atoms with Crippen LogP contribution in [0.25, 0.3) is 0 Å². The van der Waals surface area contributed by atoms with Crippen LogP contribution in [0, 0.1) is 11.3 Å². The molecule has 0 atom stereocenters. The van der Waals surface area contributed by atoms with Crippen LogP contribution in [0.15, 0.2) is 40.2 Å². The average Bonchev–Trinajstić information content (AvgIpc) is 3.00. The summed E-state index contributed by atoms with van der Waals surface area (Å²) in [5.74, 6) is 0.0278. The molecule has 1 aliphatic heterocycles. The summed E-state index contributed by atoms with van der Waals surface area (Å²) in [5.41, 5.74) is 1.14. The largest absolute Gasteiger partial charge is 0.328 e. The molecule has 1 aromatic carbocycles. The topological polar surface area (TPSA) is 48.5 Å². The predicted octanol–water partition coefficient (Wildman–Crippen LogP) is 1.92. The Hall–Kier alpha value is -1.68. The smallest absolute Gasteiger partial charge is 0.254 e. The van der Waals surface area contributed by atoms with Gasteiger partial charge in [-0.2, -0.15) is 5.26 Å². The van der Waals surface area contributed by atoms with Gasteiger partial charge in [-0.05, 0) is 46.3 Å². The summed E-state index contributed by atoms with van der Waals surface area (Å²) in [7, 11) is 0. The monoisotopic (exact) mass is 390 g/mol. The molecule has 0 aliphatic carbocycles. The molecule has 3 rings (SSSR count). The number of nitrogens with one attached hydrogen (secondary N) is 1. The number of hydrogen-bond donors (Lipinski definition) is 1. The van der Waals surface area contributed by atoms with E-state index in [0.29, 0.717) is 11.1 Å². The van der Waals surface area contributed by atoms with Crippen molar-refractivity contribution in [2.75, 3.05) is 26.2 Å². The Morgan fingerprint density at radius 1 is 1.30 bits per heavy atom. The SMILES string of the molecule is N#Cc1cccc(C(=O)N2CC[NH+](Cc3ccc(Br)s3)CC2)c1. The molecule has 0 radical (unpaired) electrons. The van der Waals surface area contributed by atoms with Crippen LogP contribution in [-0.2, 0) is 6.54 Å². The number of quaternary nitrogens is 1. The van der Waals surface area contributed by atoms with Crippen LogP contribution in [0.5, 0.6) is 0 Å². The van der Waals surface area contributed by atoms with Crippen LogP contribution < -0.4 is 4.90 Å². The van der Waals surface area contributed by atoms with Crippen LogP contribution in [-0.4, -0.2) is 37.0 Å². The second-order valence-electron chi connectivity index (χ2n) is 5.62. The highest BCUT2D eigenvalue weighted by Crippen LogP contribution is 2.21. The van der Waals surface area contributed by atoms with Gasteiger partial charge in [0.05, 0.1) is 46.5 Å². The van der Waals surface area contributed by atoms with E-state index in [0.717, 1.165) is 36.5 Å². The highest BCUT2D eigenvalue weighted by atomic mass is 79.9. The second-order valence-corrected chi connectivity index (χ2v) is 8.16. The van der Waals surface area contributed by atoms with Crippen molar-refractivity contribution >= 4 is 33.2 Å². The molecule has 23 heavy (non-hydrogen) atoms. The number of carbonyl (C=O) groups excluding carboxylic acids is 1. The van der Waals surface area contributed by atoms with Gasteiger partial charge in [-0.15, -0.1) is 11.3 Å². The Kier molecular flexibility index (Phi) is 5.11. The van der Waals surface area contributed by atoms with E-state index in [1.165, 1.54) is 9.78 Å². The van der Waals surface area contributed by atoms with E-state index < -0.39 is 0 Å². The first-order chi connectivity index (χ1) is 11.2. The molecule has 0 unspecified atom stereocenters. The minimum atomic E-state index is 0.0278. The fraction of sp³-hybridized carbons (Fsp3) is 0.294. The molecule has 0 bridgehead atoms. The van der Waals surface area contributed by atoms with E-state index >= 15 is 0 Å². The lowest BCUT2D eigenvalue weighted by molar-refractivity contribution is -0.917. The fourth-order valence-electron chi connectivity index (χ4n) is 2.80. The number of carbonyl (C=O) groups is 1. The molecule has 4 nitrogen and oxygen atoms in total. The van der Waals surface area contributed by atoms with Crippen molar-refractivity contribution in [3.8, 4) is 6.07 Å². The molecular formula is C17H17BrN3OS+. The molecule has 0 saturated carbocycles. The molecule has 2 heterocycles. The number of thiophene rings is 1. The lowest BCUT2D eigenvalue weighted by Gasteiger charge is -2.32. The van der Waals surface area contributed by atoms with Crippen molar-refractivity contribution in [1.29, 1.82) is 5.26 Å². The lowest BCUT2D eigenvalue weighted by atomic mass is 10.1. The van der Waals surface area contributed by atoms with Crippen molar-refractivity contribution in [2.45, 2.75) is 6.54 Å². The van der Waals surface area contributed by atoms with Crippen molar-refractivity contribution in [3.63, 3.8) is 0 Å². The van der Waals surface area contributed by atoms with Gasteiger partial charge in [0.1, 0.15) is 6.54 Å². The number of halogens is 1. The number of nitriles is 1. The predicted molar refractivity (Wildman–Crippen MR) is 93.5 cm³/mol. The van der Waals surface area contributed by atoms with E-state index in [4.69, 9.17) is 5.26 Å². The summed E-state index contributed by atoms with van der Waals surface area (Å²) in [6.07, 6.45) is 0. The summed E-state index contributed by atoms with van der Waals surface area (Å²) in [5, 5.41) is 8.95. The standard InChI is InChI=1S/C17H16BrN3OS/c18-16-5-4-15(23-16)12-20-6-8-21(9-7-20)17(22)14-3-1-2-13(10-14)11-19/h1-5,10H,6-9,12H2/p+1. The number of rotatable bonds is 3. The van der Waals surface area contributed by atoms with Crippen LogP contribution in [0.2, 0.25) is 0 Å². The zero-order valence-corrected chi connectivity index (χ0v) is 15.0. The Labute approximate surface area is 148 Å². The quantitative estimate of drug-likeness (QED) is 0.869. The molecule has 1 amide bonds. The number of piperazine rings is 1. The molecule has 1 fully saturated rings. The van der Waals surface area contributed by atoms with Gasteiger partial charge in [0.15, 0.2) is 0 Å². The Morgan fingerprint density at radius 3 is 2.74 bits per heavy atom. The van der Waals surface area contributed by atoms with Gasteiger partial charge < -0.3 is 9.80 Å². The van der Waals surface area contributed by atoms with Gasteiger partial charge in [-0.1, -0.05) is 6.07 Å². The van der Waals surface area contributed by atoms with Crippen molar-refractivity contribution in [1.82, 2.24) is 4.90 Å². The Balaban J connectivity index is 1.58.